The summed E-state index contributed by atoms with van der Waals surface area (Å²) >= 11 is 6.26. The number of sulfonamides is 1. The van der Waals surface area contributed by atoms with Crippen LogP contribution in [0.2, 0.25) is 5.02 Å². The molecule has 0 unspecified atom stereocenters. The third-order valence-corrected chi connectivity index (χ3v) is 9.87. The summed E-state index contributed by atoms with van der Waals surface area (Å²) in [6.45, 7) is 1.62. The van der Waals surface area contributed by atoms with Crippen LogP contribution in [-0.4, -0.2) is 57.4 Å². The maximum atomic E-state index is 14.2. The van der Waals surface area contributed by atoms with Crippen molar-refractivity contribution in [1.82, 2.24) is 10.2 Å². The Labute approximate surface area is 260 Å². The first-order valence-corrected chi connectivity index (χ1v) is 16.6. The highest BCUT2D eigenvalue weighted by molar-refractivity contribution is 7.92. The van der Waals surface area contributed by atoms with Crippen molar-refractivity contribution in [2.75, 3.05) is 24.5 Å². The minimum absolute atomic E-state index is 0.000931. The molecule has 1 aliphatic carbocycles. The summed E-state index contributed by atoms with van der Waals surface area (Å²) in [6, 6.07) is 21.4. The topological polar surface area (TPSA) is 96.0 Å². The number of hydrogen-bond acceptors (Lipinski definition) is 5. The summed E-state index contributed by atoms with van der Waals surface area (Å²) in [5, 5.41) is 3.50. The number of carbonyl (C=O) groups excluding carboxylic acids is 2. The van der Waals surface area contributed by atoms with Crippen LogP contribution in [0.25, 0.3) is 0 Å². The number of ether oxygens (including phenoxy) is 1. The third kappa shape index (κ3) is 8.51. The van der Waals surface area contributed by atoms with Gasteiger partial charge in [-0.1, -0.05) is 74.2 Å². The molecule has 4 rings (SSSR count). The van der Waals surface area contributed by atoms with Crippen molar-refractivity contribution >= 4 is 39.1 Å². The molecule has 1 aliphatic rings. The smallest absolute Gasteiger partial charge is 0.264 e. The zero-order valence-corrected chi connectivity index (χ0v) is 26.3. The molecule has 230 valence electrons. The quantitative estimate of drug-likeness (QED) is 0.257. The van der Waals surface area contributed by atoms with Crippen LogP contribution in [0.3, 0.4) is 0 Å². The Bertz CT molecular complexity index is 1460. The Kier molecular flexibility index (Phi) is 11.5. The Morgan fingerprint density at radius 3 is 2.30 bits per heavy atom. The predicted octanol–water partition coefficient (Wildman–Crippen LogP) is 5.84. The monoisotopic (exact) mass is 625 g/mol. The molecule has 0 aliphatic heterocycles. The average molecular weight is 626 g/mol. The molecule has 3 aromatic carbocycles. The molecule has 1 fully saturated rings. The highest BCUT2D eigenvalue weighted by Gasteiger charge is 2.34. The van der Waals surface area contributed by atoms with E-state index < -0.39 is 28.5 Å². The second-order valence-electron chi connectivity index (χ2n) is 10.8. The van der Waals surface area contributed by atoms with Crippen molar-refractivity contribution in [3.8, 4) is 5.75 Å². The summed E-state index contributed by atoms with van der Waals surface area (Å²) < 4.78 is 34.3. The van der Waals surface area contributed by atoms with Gasteiger partial charge in [-0.05, 0) is 73.7 Å². The van der Waals surface area contributed by atoms with Gasteiger partial charge in [-0.3, -0.25) is 13.9 Å². The van der Waals surface area contributed by atoms with Crippen LogP contribution >= 0.6 is 11.6 Å². The Morgan fingerprint density at radius 1 is 0.977 bits per heavy atom. The first-order valence-electron chi connectivity index (χ1n) is 14.8. The van der Waals surface area contributed by atoms with Crippen molar-refractivity contribution in [2.45, 2.75) is 68.8 Å². The van der Waals surface area contributed by atoms with E-state index in [2.05, 4.69) is 5.32 Å². The Hall–Kier alpha value is -3.56. The number of carbonyl (C=O) groups is 2. The fourth-order valence-corrected chi connectivity index (χ4v) is 7.07. The van der Waals surface area contributed by atoms with E-state index in [1.54, 1.807) is 30.3 Å². The normalized spacial score (nSPS) is 14.5. The number of methoxy groups -OCH3 is 1. The van der Waals surface area contributed by atoms with E-state index in [0.29, 0.717) is 23.6 Å². The zero-order valence-electron chi connectivity index (χ0n) is 24.7. The molecule has 43 heavy (non-hydrogen) atoms. The van der Waals surface area contributed by atoms with Gasteiger partial charge in [0, 0.05) is 17.6 Å². The van der Waals surface area contributed by atoms with E-state index in [9.17, 15) is 18.0 Å². The van der Waals surface area contributed by atoms with E-state index in [-0.39, 0.29) is 29.1 Å². The van der Waals surface area contributed by atoms with E-state index >= 15 is 0 Å². The summed E-state index contributed by atoms with van der Waals surface area (Å²) in [5.74, 6) is -0.173. The SMILES string of the molecule is CC[C@H](C(=O)NC1CCCCC1)N(CCc1ccccc1)C(=O)CN(c1cccc(Cl)c1)S(=O)(=O)c1ccc(OC)cc1. The standard InChI is InChI=1S/C33H40ClN3O5S/c1-3-31(33(39)35-27-14-8-5-9-15-27)36(22-21-25-11-6-4-7-12-25)32(38)24-37(28-16-10-13-26(34)23-28)43(40,41)30-19-17-29(42-2)18-20-30/h4,6-7,10-13,16-20,23,27,31H,3,5,8-9,14-15,21-22,24H2,1-2H3,(H,35,39)/t31-/m1/s1. The lowest BCUT2D eigenvalue weighted by Crippen LogP contribution is -2.54. The average Bonchev–Trinajstić information content (AvgIpc) is 3.02. The van der Waals surface area contributed by atoms with Gasteiger partial charge in [-0.25, -0.2) is 8.42 Å². The lowest BCUT2D eigenvalue weighted by atomic mass is 9.95. The van der Waals surface area contributed by atoms with E-state index in [1.807, 2.05) is 37.3 Å². The first-order chi connectivity index (χ1) is 20.7. The second-order valence-corrected chi connectivity index (χ2v) is 13.1. The van der Waals surface area contributed by atoms with E-state index in [0.717, 1.165) is 42.0 Å². The highest BCUT2D eigenvalue weighted by Crippen LogP contribution is 2.28. The second kappa shape index (κ2) is 15.3. The van der Waals surface area contributed by atoms with Crippen LogP contribution in [0.15, 0.2) is 83.8 Å². The van der Waals surface area contributed by atoms with Gasteiger partial charge in [0.15, 0.2) is 0 Å². The maximum Gasteiger partial charge on any atom is 0.264 e. The van der Waals surface area contributed by atoms with Gasteiger partial charge in [-0.15, -0.1) is 0 Å². The van der Waals surface area contributed by atoms with Crippen LogP contribution < -0.4 is 14.4 Å². The molecule has 0 spiro atoms. The first kappa shape index (κ1) is 32.4. The maximum absolute atomic E-state index is 14.2. The summed E-state index contributed by atoms with van der Waals surface area (Å²) in [4.78, 5) is 29.3. The van der Waals surface area contributed by atoms with Crippen molar-refractivity contribution < 1.29 is 22.7 Å². The van der Waals surface area contributed by atoms with Crippen LogP contribution in [0.1, 0.15) is 51.0 Å². The van der Waals surface area contributed by atoms with Crippen molar-refractivity contribution in [2.24, 2.45) is 0 Å². The molecule has 0 aromatic heterocycles. The van der Waals surface area contributed by atoms with Crippen LogP contribution in [0, 0.1) is 0 Å². The number of halogens is 1. The molecular formula is C33H40ClN3O5S. The number of benzene rings is 3. The van der Waals surface area contributed by atoms with Crippen LogP contribution in [-0.2, 0) is 26.0 Å². The van der Waals surface area contributed by atoms with Gasteiger partial charge >= 0.3 is 0 Å². The summed E-state index contributed by atoms with van der Waals surface area (Å²) in [6.07, 6.45) is 6.04. The Balaban J connectivity index is 1.67. The zero-order chi connectivity index (χ0) is 30.8. The van der Waals surface area contributed by atoms with Gasteiger partial charge in [0.1, 0.15) is 18.3 Å². The van der Waals surface area contributed by atoms with Crippen molar-refractivity contribution in [1.29, 1.82) is 0 Å². The number of nitrogens with zero attached hydrogens (tertiary/aromatic N) is 2. The largest absolute Gasteiger partial charge is 0.497 e. The predicted molar refractivity (Wildman–Crippen MR) is 170 cm³/mol. The van der Waals surface area contributed by atoms with Gasteiger partial charge in [0.2, 0.25) is 11.8 Å². The minimum atomic E-state index is -4.20. The molecule has 0 radical (unpaired) electrons. The van der Waals surface area contributed by atoms with Crippen molar-refractivity contribution in [3.63, 3.8) is 0 Å². The summed E-state index contributed by atoms with van der Waals surface area (Å²) in [5.41, 5.74) is 1.26. The third-order valence-electron chi connectivity index (χ3n) is 7.84. The number of nitrogens with one attached hydrogen (secondary N) is 1. The molecule has 8 nitrogen and oxygen atoms in total. The minimum Gasteiger partial charge on any atom is -0.497 e. The molecule has 3 aromatic rings. The van der Waals surface area contributed by atoms with Gasteiger partial charge in [0.25, 0.3) is 10.0 Å². The number of rotatable bonds is 13. The lowest BCUT2D eigenvalue weighted by molar-refractivity contribution is -0.140. The van der Waals surface area contributed by atoms with Crippen molar-refractivity contribution in [3.05, 3.63) is 89.4 Å². The molecule has 0 saturated heterocycles. The summed E-state index contributed by atoms with van der Waals surface area (Å²) in [7, 11) is -2.70. The molecule has 10 heteroatoms. The molecule has 0 heterocycles. The fourth-order valence-electron chi connectivity index (χ4n) is 5.48. The molecule has 2 amide bonds. The highest BCUT2D eigenvalue weighted by atomic mass is 35.5. The number of anilines is 1. The van der Waals surface area contributed by atoms with E-state index in [1.165, 1.54) is 30.2 Å². The molecule has 1 N–H and O–H groups in total. The van der Waals surface area contributed by atoms with E-state index in [4.69, 9.17) is 16.3 Å². The van der Waals surface area contributed by atoms with Gasteiger partial charge in [-0.2, -0.15) is 0 Å². The molecular weight excluding hydrogens is 586 g/mol. The number of amides is 2. The molecule has 1 saturated carbocycles. The lowest BCUT2D eigenvalue weighted by Gasteiger charge is -2.34. The van der Waals surface area contributed by atoms with Gasteiger partial charge in [0.05, 0.1) is 17.7 Å². The molecule has 1 atom stereocenters. The number of hydrogen-bond donors (Lipinski definition) is 1. The van der Waals surface area contributed by atoms with Crippen LogP contribution in [0.4, 0.5) is 5.69 Å². The Morgan fingerprint density at radius 2 is 1.67 bits per heavy atom. The fraction of sp³-hybridized carbons (Fsp3) is 0.394. The van der Waals surface area contributed by atoms with Gasteiger partial charge < -0.3 is 15.0 Å². The molecule has 0 bridgehead atoms. The van der Waals surface area contributed by atoms with Crippen LogP contribution in [0.5, 0.6) is 5.75 Å².